The fourth-order valence-electron chi connectivity index (χ4n) is 1.09. The molecule has 0 aliphatic carbocycles. The first-order chi connectivity index (χ1) is 5.70. The molecule has 2 nitrogen and oxygen atoms in total. The summed E-state index contributed by atoms with van der Waals surface area (Å²) in [4.78, 5) is 12.4. The Kier molecular flexibility index (Phi) is 6.44. The molecule has 0 aliphatic rings. The molecule has 0 bridgehead atoms. The lowest BCUT2D eigenvalue weighted by atomic mass is 10.2. The molecule has 0 heterocycles. The molecular formula is C10H19NO. The monoisotopic (exact) mass is 169 g/mol. The van der Waals surface area contributed by atoms with Crippen molar-refractivity contribution in [2.75, 3.05) is 13.1 Å². The number of carbonyl (C=O) groups excluding carboxylic acids is 1. The van der Waals surface area contributed by atoms with Gasteiger partial charge in [0.25, 0.3) is 0 Å². The Morgan fingerprint density at radius 3 is 2.58 bits per heavy atom. The van der Waals surface area contributed by atoms with E-state index in [1.54, 1.807) is 0 Å². The van der Waals surface area contributed by atoms with Crippen molar-refractivity contribution in [2.24, 2.45) is 5.92 Å². The van der Waals surface area contributed by atoms with Crippen molar-refractivity contribution in [3.05, 3.63) is 12.7 Å². The summed E-state index contributed by atoms with van der Waals surface area (Å²) < 4.78 is 0. The van der Waals surface area contributed by atoms with Gasteiger partial charge in [-0.15, -0.1) is 6.58 Å². The van der Waals surface area contributed by atoms with Crippen LogP contribution in [0.2, 0.25) is 0 Å². The van der Waals surface area contributed by atoms with Gasteiger partial charge in [0.05, 0.1) is 0 Å². The molecule has 0 aliphatic heterocycles. The second kappa shape index (κ2) is 6.89. The highest BCUT2D eigenvalue weighted by Crippen LogP contribution is 1.98. The number of allylic oxidation sites excluding steroid dienone is 1. The molecule has 0 aromatic rings. The van der Waals surface area contributed by atoms with Crippen LogP contribution in [0.1, 0.15) is 26.7 Å². The minimum Gasteiger partial charge on any atom is -0.345 e. The van der Waals surface area contributed by atoms with Crippen LogP contribution in [0.25, 0.3) is 0 Å². The van der Waals surface area contributed by atoms with Crippen molar-refractivity contribution in [2.45, 2.75) is 26.7 Å². The number of hydrogen-bond acceptors (Lipinski definition) is 1. The van der Waals surface area contributed by atoms with E-state index >= 15 is 0 Å². The van der Waals surface area contributed by atoms with Gasteiger partial charge in [-0.3, -0.25) is 4.79 Å². The van der Waals surface area contributed by atoms with E-state index in [1.165, 1.54) is 0 Å². The lowest BCUT2D eigenvalue weighted by Crippen LogP contribution is -2.27. The summed E-state index contributed by atoms with van der Waals surface area (Å²) in [5.41, 5.74) is 0. The van der Waals surface area contributed by atoms with E-state index in [4.69, 9.17) is 0 Å². The van der Waals surface area contributed by atoms with Crippen molar-refractivity contribution in [1.29, 1.82) is 0 Å². The molecule has 0 spiro atoms. The second-order valence-electron chi connectivity index (χ2n) is 3.43. The fraction of sp³-hybridized carbons (Fsp3) is 0.700. The van der Waals surface area contributed by atoms with E-state index in [-0.39, 0.29) is 0 Å². The Balaban J connectivity index is 3.52. The van der Waals surface area contributed by atoms with E-state index in [0.717, 1.165) is 32.3 Å². The minimum atomic E-state index is 0.555. The average molecular weight is 169 g/mol. The van der Waals surface area contributed by atoms with Crippen LogP contribution >= 0.6 is 0 Å². The Bertz CT molecular complexity index is 132. The van der Waals surface area contributed by atoms with Crippen molar-refractivity contribution < 1.29 is 4.79 Å². The van der Waals surface area contributed by atoms with Gasteiger partial charge in [0, 0.05) is 13.1 Å². The zero-order valence-corrected chi connectivity index (χ0v) is 8.12. The summed E-state index contributed by atoms with van der Waals surface area (Å²) in [7, 11) is 0. The van der Waals surface area contributed by atoms with Crippen molar-refractivity contribution in [3.8, 4) is 0 Å². The fourth-order valence-corrected chi connectivity index (χ4v) is 1.09. The second-order valence-corrected chi connectivity index (χ2v) is 3.43. The van der Waals surface area contributed by atoms with Crippen molar-refractivity contribution in [3.63, 3.8) is 0 Å². The molecule has 70 valence electrons. The first-order valence-corrected chi connectivity index (χ1v) is 4.51. The predicted molar refractivity (Wildman–Crippen MR) is 51.9 cm³/mol. The molecule has 2 heteroatoms. The molecule has 0 aromatic heterocycles. The quantitative estimate of drug-likeness (QED) is 0.324. The maximum Gasteiger partial charge on any atom is 0.209 e. The number of rotatable bonds is 7. The molecule has 0 saturated carbocycles. The highest BCUT2D eigenvalue weighted by Gasteiger charge is 2.02. The molecule has 0 aromatic carbocycles. The first-order valence-electron chi connectivity index (χ1n) is 4.51. The lowest BCUT2D eigenvalue weighted by Gasteiger charge is -2.18. The van der Waals surface area contributed by atoms with Gasteiger partial charge in [-0.25, -0.2) is 0 Å². The third-order valence-electron chi connectivity index (χ3n) is 1.60. The molecule has 0 radical (unpaired) electrons. The van der Waals surface area contributed by atoms with Crippen LogP contribution in [0.5, 0.6) is 0 Å². The number of carbonyl (C=O) groups is 1. The third-order valence-corrected chi connectivity index (χ3v) is 1.60. The van der Waals surface area contributed by atoms with Crippen LogP contribution in [0, 0.1) is 5.92 Å². The van der Waals surface area contributed by atoms with Crippen LogP contribution in [0.15, 0.2) is 12.7 Å². The zero-order chi connectivity index (χ0) is 9.40. The summed E-state index contributed by atoms with van der Waals surface area (Å²) in [6.45, 7) is 9.58. The molecule has 0 N–H and O–H groups in total. The Morgan fingerprint density at radius 2 is 2.17 bits per heavy atom. The van der Waals surface area contributed by atoms with Gasteiger partial charge in [-0.05, 0) is 18.8 Å². The maximum absolute atomic E-state index is 10.5. The van der Waals surface area contributed by atoms with Crippen LogP contribution in [-0.2, 0) is 4.79 Å². The highest BCUT2D eigenvalue weighted by molar-refractivity contribution is 5.46. The molecular weight excluding hydrogens is 150 g/mol. The van der Waals surface area contributed by atoms with Crippen LogP contribution < -0.4 is 0 Å². The highest BCUT2D eigenvalue weighted by atomic mass is 16.1. The largest absolute Gasteiger partial charge is 0.345 e. The van der Waals surface area contributed by atoms with Crippen molar-refractivity contribution in [1.82, 2.24) is 4.90 Å². The van der Waals surface area contributed by atoms with Gasteiger partial charge in [0.1, 0.15) is 0 Å². The molecule has 0 fully saturated rings. The van der Waals surface area contributed by atoms with Gasteiger partial charge >= 0.3 is 0 Å². The van der Waals surface area contributed by atoms with Gasteiger partial charge in [-0.2, -0.15) is 0 Å². The van der Waals surface area contributed by atoms with E-state index in [1.807, 2.05) is 11.0 Å². The summed E-state index contributed by atoms with van der Waals surface area (Å²) in [5, 5.41) is 0. The van der Waals surface area contributed by atoms with Crippen molar-refractivity contribution >= 4 is 6.41 Å². The summed E-state index contributed by atoms with van der Waals surface area (Å²) >= 11 is 0. The molecule has 0 unspecified atom stereocenters. The maximum atomic E-state index is 10.5. The van der Waals surface area contributed by atoms with E-state index in [0.29, 0.717) is 5.92 Å². The van der Waals surface area contributed by atoms with Crippen LogP contribution in [0.3, 0.4) is 0 Å². The molecule has 1 amide bonds. The molecule has 0 saturated heterocycles. The molecule has 0 atom stereocenters. The first kappa shape index (κ1) is 11.2. The smallest absolute Gasteiger partial charge is 0.209 e. The van der Waals surface area contributed by atoms with E-state index in [2.05, 4.69) is 20.4 Å². The lowest BCUT2D eigenvalue weighted by molar-refractivity contribution is -0.118. The normalized spacial score (nSPS) is 9.92. The SMILES string of the molecule is C=CCCCN(C=O)CC(C)C. The summed E-state index contributed by atoms with van der Waals surface area (Å²) in [6.07, 6.45) is 4.83. The third kappa shape index (κ3) is 5.96. The zero-order valence-electron chi connectivity index (χ0n) is 8.12. The summed E-state index contributed by atoms with van der Waals surface area (Å²) in [6, 6.07) is 0. The average Bonchev–Trinajstić information content (AvgIpc) is 2.02. The van der Waals surface area contributed by atoms with Gasteiger partial charge in [0.2, 0.25) is 6.41 Å². The van der Waals surface area contributed by atoms with Gasteiger partial charge < -0.3 is 4.90 Å². The Labute approximate surface area is 75.3 Å². The predicted octanol–water partition coefficient (Wildman–Crippen LogP) is 2.07. The van der Waals surface area contributed by atoms with E-state index in [9.17, 15) is 4.79 Å². The molecule has 12 heavy (non-hydrogen) atoms. The number of hydrogen-bond donors (Lipinski definition) is 0. The Morgan fingerprint density at radius 1 is 1.50 bits per heavy atom. The van der Waals surface area contributed by atoms with Gasteiger partial charge in [0.15, 0.2) is 0 Å². The number of amides is 1. The topological polar surface area (TPSA) is 20.3 Å². The standard InChI is InChI=1S/C10H19NO/c1-4-5-6-7-11(9-12)8-10(2)3/h4,9-10H,1,5-8H2,2-3H3. The van der Waals surface area contributed by atoms with Gasteiger partial charge in [-0.1, -0.05) is 19.9 Å². The number of nitrogens with zero attached hydrogens (tertiary/aromatic N) is 1. The summed E-state index contributed by atoms with van der Waals surface area (Å²) in [5.74, 6) is 0.555. The molecule has 0 rings (SSSR count). The van der Waals surface area contributed by atoms with Crippen LogP contribution in [0.4, 0.5) is 0 Å². The van der Waals surface area contributed by atoms with E-state index < -0.39 is 0 Å². The number of unbranched alkanes of at least 4 members (excludes halogenated alkanes) is 1. The van der Waals surface area contributed by atoms with Crippen LogP contribution in [-0.4, -0.2) is 24.4 Å². The minimum absolute atomic E-state index is 0.555. The Hall–Kier alpha value is -0.790.